The van der Waals surface area contributed by atoms with E-state index in [9.17, 15) is 10.1 Å². The van der Waals surface area contributed by atoms with Crippen LogP contribution in [0.25, 0.3) is 0 Å². The Morgan fingerprint density at radius 3 is 2.59 bits per heavy atom. The van der Waals surface area contributed by atoms with Crippen LogP contribution in [0.1, 0.15) is 26.7 Å². The number of halogens is 1. The van der Waals surface area contributed by atoms with Crippen LogP contribution in [0, 0.1) is 16.0 Å². The van der Waals surface area contributed by atoms with Crippen molar-refractivity contribution in [3.63, 3.8) is 0 Å². The van der Waals surface area contributed by atoms with Crippen LogP contribution in [0.4, 0.5) is 11.4 Å². The monoisotopic (exact) mass is 256 g/mol. The third-order valence-electron chi connectivity index (χ3n) is 2.89. The molecule has 1 aromatic rings. The zero-order chi connectivity index (χ0) is 12.8. The molecule has 0 spiro atoms. The van der Waals surface area contributed by atoms with Gasteiger partial charge in [-0.15, -0.1) is 0 Å². The van der Waals surface area contributed by atoms with Crippen LogP contribution in [-0.2, 0) is 0 Å². The molecule has 5 heteroatoms. The van der Waals surface area contributed by atoms with Gasteiger partial charge in [-0.1, -0.05) is 38.3 Å². The highest BCUT2D eigenvalue weighted by Gasteiger charge is 2.14. The third-order valence-corrected chi connectivity index (χ3v) is 3.13. The fourth-order valence-corrected chi connectivity index (χ4v) is 1.80. The Labute approximate surface area is 106 Å². The molecule has 0 amide bonds. The second-order valence-corrected chi connectivity index (χ2v) is 4.42. The van der Waals surface area contributed by atoms with E-state index in [1.54, 1.807) is 12.1 Å². The topological polar surface area (TPSA) is 55.2 Å². The van der Waals surface area contributed by atoms with Crippen molar-refractivity contribution in [3.8, 4) is 0 Å². The van der Waals surface area contributed by atoms with Crippen LogP contribution < -0.4 is 5.32 Å². The summed E-state index contributed by atoms with van der Waals surface area (Å²) in [6.07, 6.45) is 2.12. The molecule has 0 saturated heterocycles. The Balaban J connectivity index is 2.80. The minimum atomic E-state index is -0.416. The molecule has 0 fully saturated rings. The molecule has 0 bridgehead atoms. The van der Waals surface area contributed by atoms with Gasteiger partial charge in [0.05, 0.1) is 4.92 Å². The standard InChI is InChI=1S/C12H17ClN2O2/c1-3-9(4-2)8-14-11-6-5-10(13)7-12(11)15(16)17/h5-7,9,14H,3-4,8H2,1-2H3. The molecular weight excluding hydrogens is 240 g/mol. The summed E-state index contributed by atoms with van der Waals surface area (Å²) in [5, 5.41) is 14.4. The zero-order valence-electron chi connectivity index (χ0n) is 10.1. The van der Waals surface area contributed by atoms with Gasteiger partial charge >= 0.3 is 0 Å². The number of nitrogens with zero attached hydrogens (tertiary/aromatic N) is 1. The first-order valence-corrected chi connectivity index (χ1v) is 6.14. The minimum absolute atomic E-state index is 0.0310. The average molecular weight is 257 g/mol. The summed E-state index contributed by atoms with van der Waals surface area (Å²) < 4.78 is 0. The van der Waals surface area contributed by atoms with E-state index in [-0.39, 0.29) is 5.69 Å². The van der Waals surface area contributed by atoms with E-state index in [0.29, 0.717) is 16.6 Å². The zero-order valence-corrected chi connectivity index (χ0v) is 10.8. The summed E-state index contributed by atoms with van der Waals surface area (Å²) >= 11 is 5.75. The number of hydrogen-bond donors (Lipinski definition) is 1. The molecule has 1 aromatic carbocycles. The second-order valence-electron chi connectivity index (χ2n) is 3.98. The molecule has 4 nitrogen and oxygen atoms in total. The maximum atomic E-state index is 10.9. The third kappa shape index (κ3) is 3.89. The highest BCUT2D eigenvalue weighted by molar-refractivity contribution is 6.30. The van der Waals surface area contributed by atoms with Crippen LogP contribution in [-0.4, -0.2) is 11.5 Å². The van der Waals surface area contributed by atoms with Crippen molar-refractivity contribution in [2.45, 2.75) is 26.7 Å². The Morgan fingerprint density at radius 1 is 1.41 bits per heavy atom. The van der Waals surface area contributed by atoms with Crippen LogP contribution >= 0.6 is 11.6 Å². The normalized spacial score (nSPS) is 10.6. The molecular formula is C12H17ClN2O2. The molecule has 0 aliphatic heterocycles. The summed E-state index contributed by atoms with van der Waals surface area (Å²) in [6, 6.07) is 4.68. The van der Waals surface area contributed by atoms with Gasteiger partial charge in [0.2, 0.25) is 0 Å². The molecule has 0 saturated carbocycles. The Hall–Kier alpha value is -1.29. The van der Waals surface area contributed by atoms with Crippen LogP contribution in [0.2, 0.25) is 5.02 Å². The van der Waals surface area contributed by atoms with Crippen LogP contribution in [0.5, 0.6) is 0 Å². The fourth-order valence-electron chi connectivity index (χ4n) is 1.64. The Morgan fingerprint density at radius 2 is 2.06 bits per heavy atom. The van der Waals surface area contributed by atoms with Crippen LogP contribution in [0.3, 0.4) is 0 Å². The molecule has 0 atom stereocenters. The predicted molar refractivity (Wildman–Crippen MR) is 70.7 cm³/mol. The first-order chi connectivity index (χ1) is 8.08. The van der Waals surface area contributed by atoms with Crippen molar-refractivity contribution in [2.24, 2.45) is 5.92 Å². The molecule has 94 valence electrons. The number of hydrogen-bond acceptors (Lipinski definition) is 3. The summed E-state index contributed by atoms with van der Waals surface area (Å²) in [7, 11) is 0. The number of anilines is 1. The van der Waals surface area contributed by atoms with E-state index in [4.69, 9.17) is 11.6 Å². The molecule has 1 N–H and O–H groups in total. The van der Waals surface area contributed by atoms with E-state index >= 15 is 0 Å². The van der Waals surface area contributed by atoms with Crippen molar-refractivity contribution in [3.05, 3.63) is 33.3 Å². The molecule has 0 heterocycles. The van der Waals surface area contributed by atoms with Gasteiger partial charge in [0, 0.05) is 17.6 Å². The number of rotatable bonds is 6. The summed E-state index contributed by atoms with van der Waals surface area (Å²) in [6.45, 7) is 4.98. The molecule has 0 aliphatic rings. The van der Waals surface area contributed by atoms with E-state index in [1.165, 1.54) is 6.07 Å². The maximum Gasteiger partial charge on any atom is 0.293 e. The Bertz CT molecular complexity index is 392. The lowest BCUT2D eigenvalue weighted by molar-refractivity contribution is -0.383. The van der Waals surface area contributed by atoms with E-state index in [2.05, 4.69) is 19.2 Å². The van der Waals surface area contributed by atoms with Gasteiger partial charge in [-0.05, 0) is 18.1 Å². The van der Waals surface area contributed by atoms with Crippen molar-refractivity contribution in [2.75, 3.05) is 11.9 Å². The van der Waals surface area contributed by atoms with Gasteiger partial charge in [0.25, 0.3) is 5.69 Å². The van der Waals surface area contributed by atoms with Gasteiger partial charge in [-0.2, -0.15) is 0 Å². The predicted octanol–water partition coefficient (Wildman–Crippen LogP) is 4.10. The van der Waals surface area contributed by atoms with Crippen LogP contribution in [0.15, 0.2) is 18.2 Å². The van der Waals surface area contributed by atoms with Gasteiger partial charge in [0.15, 0.2) is 0 Å². The van der Waals surface area contributed by atoms with Crippen molar-refractivity contribution < 1.29 is 4.92 Å². The number of nitrogens with one attached hydrogen (secondary N) is 1. The second kappa shape index (κ2) is 6.45. The number of benzene rings is 1. The number of nitro groups is 1. The van der Waals surface area contributed by atoms with E-state index in [1.807, 2.05) is 0 Å². The lowest BCUT2D eigenvalue weighted by atomic mass is 10.0. The van der Waals surface area contributed by atoms with Crippen molar-refractivity contribution in [1.82, 2.24) is 0 Å². The highest BCUT2D eigenvalue weighted by atomic mass is 35.5. The van der Waals surface area contributed by atoms with Gasteiger partial charge in [0.1, 0.15) is 5.69 Å². The first-order valence-electron chi connectivity index (χ1n) is 5.76. The number of nitro benzene ring substituents is 1. The quantitative estimate of drug-likeness (QED) is 0.616. The maximum absolute atomic E-state index is 10.9. The molecule has 1 rings (SSSR count). The minimum Gasteiger partial charge on any atom is -0.379 e. The molecule has 17 heavy (non-hydrogen) atoms. The van der Waals surface area contributed by atoms with Crippen molar-refractivity contribution >= 4 is 23.0 Å². The molecule has 0 unspecified atom stereocenters. The summed E-state index contributed by atoms with van der Waals surface area (Å²) in [5.74, 6) is 0.533. The van der Waals surface area contributed by atoms with Gasteiger partial charge < -0.3 is 5.32 Å². The lowest BCUT2D eigenvalue weighted by Crippen LogP contribution is -2.13. The van der Waals surface area contributed by atoms with Crippen molar-refractivity contribution in [1.29, 1.82) is 0 Å². The summed E-state index contributed by atoms with van der Waals surface area (Å²) in [4.78, 5) is 10.4. The Kier molecular flexibility index (Phi) is 5.22. The lowest BCUT2D eigenvalue weighted by Gasteiger charge is -2.14. The van der Waals surface area contributed by atoms with E-state index in [0.717, 1.165) is 19.4 Å². The molecule has 0 radical (unpaired) electrons. The smallest absolute Gasteiger partial charge is 0.293 e. The van der Waals surface area contributed by atoms with Gasteiger partial charge in [-0.3, -0.25) is 10.1 Å². The molecule has 0 aromatic heterocycles. The van der Waals surface area contributed by atoms with E-state index < -0.39 is 4.92 Å². The highest BCUT2D eigenvalue weighted by Crippen LogP contribution is 2.28. The average Bonchev–Trinajstić information content (AvgIpc) is 2.31. The summed E-state index contributed by atoms with van der Waals surface area (Å²) in [5.41, 5.74) is 0.565. The first kappa shape index (κ1) is 13.8. The fraction of sp³-hybridized carbons (Fsp3) is 0.500. The SMILES string of the molecule is CCC(CC)CNc1ccc(Cl)cc1[N+](=O)[O-]. The van der Waals surface area contributed by atoms with Gasteiger partial charge in [-0.25, -0.2) is 0 Å². The molecule has 0 aliphatic carbocycles. The largest absolute Gasteiger partial charge is 0.379 e.